The van der Waals surface area contributed by atoms with Crippen LogP contribution in [0, 0.1) is 12.8 Å². The Morgan fingerprint density at radius 2 is 2.16 bits per heavy atom. The van der Waals surface area contributed by atoms with Crippen molar-refractivity contribution in [3.8, 4) is 0 Å². The van der Waals surface area contributed by atoms with Crippen LogP contribution in [0.15, 0.2) is 23.1 Å². The average Bonchev–Trinajstić information content (AvgIpc) is 2.72. The van der Waals surface area contributed by atoms with Crippen LogP contribution in [0.1, 0.15) is 24.8 Å². The molecule has 1 aliphatic rings. The molecule has 5 nitrogen and oxygen atoms in total. The monoisotopic (exact) mass is 284 g/mol. The van der Waals surface area contributed by atoms with Crippen molar-refractivity contribution in [3.63, 3.8) is 0 Å². The van der Waals surface area contributed by atoms with Crippen LogP contribution >= 0.6 is 0 Å². The summed E-state index contributed by atoms with van der Waals surface area (Å²) < 4.78 is 26.9. The number of sulfonamides is 1. The Hall–Kier alpha value is -1.11. The number of benzene rings is 1. The first kappa shape index (κ1) is 14.3. The standard InChI is InChI=1S/C13H20N2O3S/c1-9-2-5-13(12(14)6-9)19(17,18)15-8-10-3-4-11(16)7-10/h2,5-6,10-11,15-16H,3-4,7-8,14H2,1H3. The highest BCUT2D eigenvalue weighted by molar-refractivity contribution is 7.89. The van der Waals surface area contributed by atoms with Gasteiger partial charge in [0.1, 0.15) is 4.90 Å². The predicted molar refractivity (Wildman–Crippen MR) is 74.1 cm³/mol. The number of rotatable bonds is 4. The summed E-state index contributed by atoms with van der Waals surface area (Å²) in [5, 5.41) is 9.42. The number of anilines is 1. The maximum Gasteiger partial charge on any atom is 0.242 e. The fourth-order valence-electron chi connectivity index (χ4n) is 2.45. The third kappa shape index (κ3) is 3.46. The van der Waals surface area contributed by atoms with Gasteiger partial charge in [-0.25, -0.2) is 13.1 Å². The normalized spacial score (nSPS) is 23.7. The molecule has 0 amide bonds. The molecule has 1 fully saturated rings. The topological polar surface area (TPSA) is 92.4 Å². The molecule has 4 N–H and O–H groups in total. The number of nitrogens with two attached hydrogens (primary N) is 1. The molecule has 1 aromatic rings. The van der Waals surface area contributed by atoms with Gasteiger partial charge in [0.15, 0.2) is 0 Å². The fourth-order valence-corrected chi connectivity index (χ4v) is 3.68. The van der Waals surface area contributed by atoms with Crippen molar-refractivity contribution < 1.29 is 13.5 Å². The molecule has 2 rings (SSSR count). The van der Waals surface area contributed by atoms with Crippen molar-refractivity contribution in [3.05, 3.63) is 23.8 Å². The zero-order chi connectivity index (χ0) is 14.0. The van der Waals surface area contributed by atoms with Crippen LogP contribution in [-0.2, 0) is 10.0 Å². The average molecular weight is 284 g/mol. The zero-order valence-electron chi connectivity index (χ0n) is 11.0. The minimum Gasteiger partial charge on any atom is -0.398 e. The van der Waals surface area contributed by atoms with Gasteiger partial charge in [0.2, 0.25) is 10.0 Å². The zero-order valence-corrected chi connectivity index (χ0v) is 11.8. The molecule has 106 valence electrons. The van der Waals surface area contributed by atoms with E-state index >= 15 is 0 Å². The van der Waals surface area contributed by atoms with Gasteiger partial charge in [0.25, 0.3) is 0 Å². The second-order valence-electron chi connectivity index (χ2n) is 5.23. The molecule has 0 spiro atoms. The lowest BCUT2D eigenvalue weighted by Crippen LogP contribution is -2.29. The number of aliphatic hydroxyl groups is 1. The van der Waals surface area contributed by atoms with E-state index in [9.17, 15) is 13.5 Å². The van der Waals surface area contributed by atoms with E-state index in [1.165, 1.54) is 6.07 Å². The number of hydrogen-bond donors (Lipinski definition) is 3. The largest absolute Gasteiger partial charge is 0.398 e. The maximum atomic E-state index is 12.1. The number of aryl methyl sites for hydroxylation is 1. The molecule has 0 heterocycles. The second-order valence-corrected chi connectivity index (χ2v) is 6.96. The van der Waals surface area contributed by atoms with Gasteiger partial charge in [-0.3, -0.25) is 0 Å². The summed E-state index contributed by atoms with van der Waals surface area (Å²) in [5.74, 6) is 0.205. The number of aliphatic hydroxyl groups excluding tert-OH is 1. The summed E-state index contributed by atoms with van der Waals surface area (Å²) in [5.41, 5.74) is 6.94. The SMILES string of the molecule is Cc1ccc(S(=O)(=O)NCC2CCC(O)C2)c(N)c1. The van der Waals surface area contributed by atoms with Crippen LogP contribution in [-0.4, -0.2) is 26.2 Å². The minimum absolute atomic E-state index is 0.122. The summed E-state index contributed by atoms with van der Waals surface area (Å²) in [7, 11) is -3.57. The maximum absolute atomic E-state index is 12.1. The van der Waals surface area contributed by atoms with Gasteiger partial charge in [0, 0.05) is 6.54 Å². The Labute approximate surface area is 113 Å². The van der Waals surface area contributed by atoms with E-state index in [1.54, 1.807) is 12.1 Å². The van der Waals surface area contributed by atoms with Gasteiger partial charge < -0.3 is 10.8 Å². The molecule has 19 heavy (non-hydrogen) atoms. The summed E-state index contributed by atoms with van der Waals surface area (Å²) in [6, 6.07) is 4.90. The highest BCUT2D eigenvalue weighted by Gasteiger charge is 2.25. The van der Waals surface area contributed by atoms with E-state index in [4.69, 9.17) is 5.73 Å². The molecular formula is C13H20N2O3S. The van der Waals surface area contributed by atoms with E-state index in [0.29, 0.717) is 13.0 Å². The molecule has 1 aliphatic carbocycles. The predicted octanol–water partition coefficient (Wildman–Crippen LogP) is 1.02. The molecule has 0 bridgehead atoms. The fraction of sp³-hybridized carbons (Fsp3) is 0.538. The highest BCUT2D eigenvalue weighted by atomic mass is 32.2. The molecule has 1 saturated carbocycles. The lowest BCUT2D eigenvalue weighted by atomic mass is 10.1. The third-order valence-corrected chi connectivity index (χ3v) is 5.03. The van der Waals surface area contributed by atoms with E-state index < -0.39 is 10.0 Å². The number of hydrogen-bond acceptors (Lipinski definition) is 4. The summed E-state index contributed by atoms with van der Waals surface area (Å²) >= 11 is 0. The second kappa shape index (κ2) is 5.48. The van der Waals surface area contributed by atoms with Gasteiger partial charge in [-0.15, -0.1) is 0 Å². The van der Waals surface area contributed by atoms with Crippen molar-refractivity contribution in [1.29, 1.82) is 0 Å². The van der Waals surface area contributed by atoms with Gasteiger partial charge in [-0.05, 0) is 49.8 Å². The Morgan fingerprint density at radius 1 is 1.42 bits per heavy atom. The van der Waals surface area contributed by atoms with Crippen LogP contribution in [0.3, 0.4) is 0 Å². The van der Waals surface area contributed by atoms with E-state index in [-0.39, 0.29) is 22.6 Å². The van der Waals surface area contributed by atoms with Crippen LogP contribution < -0.4 is 10.5 Å². The summed E-state index contributed by atoms with van der Waals surface area (Å²) in [4.78, 5) is 0.122. The van der Waals surface area contributed by atoms with Gasteiger partial charge in [-0.1, -0.05) is 6.07 Å². The highest BCUT2D eigenvalue weighted by Crippen LogP contribution is 2.25. The van der Waals surface area contributed by atoms with Crippen LogP contribution in [0.5, 0.6) is 0 Å². The molecule has 6 heteroatoms. The van der Waals surface area contributed by atoms with Crippen molar-refractivity contribution >= 4 is 15.7 Å². The molecule has 2 unspecified atom stereocenters. The molecule has 0 radical (unpaired) electrons. The van der Waals surface area contributed by atoms with Crippen molar-refractivity contribution in [1.82, 2.24) is 4.72 Å². The Kier molecular flexibility index (Phi) is 4.13. The smallest absolute Gasteiger partial charge is 0.242 e. The summed E-state index contributed by atoms with van der Waals surface area (Å²) in [6.07, 6.45) is 1.97. The van der Waals surface area contributed by atoms with E-state index in [1.807, 2.05) is 6.92 Å². The molecule has 1 aromatic carbocycles. The first-order chi connectivity index (χ1) is 8.88. The minimum atomic E-state index is -3.57. The van der Waals surface area contributed by atoms with Gasteiger partial charge >= 0.3 is 0 Å². The van der Waals surface area contributed by atoms with Gasteiger partial charge in [0.05, 0.1) is 11.8 Å². The molecule has 0 aromatic heterocycles. The lowest BCUT2D eigenvalue weighted by molar-refractivity contribution is 0.178. The molecule has 2 atom stereocenters. The molecule has 0 saturated heterocycles. The quantitative estimate of drug-likeness (QED) is 0.720. The Balaban J connectivity index is 2.06. The molecular weight excluding hydrogens is 264 g/mol. The van der Waals surface area contributed by atoms with Crippen molar-refractivity contribution in [2.75, 3.05) is 12.3 Å². The van der Waals surface area contributed by atoms with Crippen molar-refractivity contribution in [2.45, 2.75) is 37.2 Å². The lowest BCUT2D eigenvalue weighted by Gasteiger charge is -2.13. The van der Waals surface area contributed by atoms with Crippen LogP contribution in [0.25, 0.3) is 0 Å². The Bertz CT molecular complexity index is 557. The van der Waals surface area contributed by atoms with Gasteiger partial charge in [-0.2, -0.15) is 0 Å². The molecule has 0 aliphatic heterocycles. The van der Waals surface area contributed by atoms with E-state index in [2.05, 4.69) is 4.72 Å². The number of nitrogen functional groups attached to an aromatic ring is 1. The first-order valence-corrected chi connectivity index (χ1v) is 7.90. The summed E-state index contributed by atoms with van der Waals surface area (Å²) in [6.45, 7) is 2.22. The van der Waals surface area contributed by atoms with E-state index in [0.717, 1.165) is 18.4 Å². The van der Waals surface area contributed by atoms with Crippen molar-refractivity contribution in [2.24, 2.45) is 5.92 Å². The van der Waals surface area contributed by atoms with Crippen LogP contribution in [0.2, 0.25) is 0 Å². The number of nitrogens with one attached hydrogen (secondary N) is 1. The van der Waals surface area contributed by atoms with Crippen LogP contribution in [0.4, 0.5) is 5.69 Å². The third-order valence-electron chi connectivity index (χ3n) is 3.53. The first-order valence-electron chi connectivity index (χ1n) is 6.42. The Morgan fingerprint density at radius 3 is 2.74 bits per heavy atom.